The number of para-hydroxylation sites is 2. The Morgan fingerprint density at radius 3 is 2.31 bits per heavy atom. The van der Waals surface area contributed by atoms with Crippen molar-refractivity contribution < 1.29 is 0 Å². The fourth-order valence-corrected chi connectivity index (χ4v) is 11.4. The Morgan fingerprint density at radius 2 is 1.44 bits per heavy atom. The molecule has 11 rings (SSSR count). The second-order valence-corrected chi connectivity index (χ2v) is 16.0. The topological polar surface area (TPSA) is 8.17 Å². The molecule has 0 fully saturated rings. The minimum atomic E-state index is -0.112. The summed E-state index contributed by atoms with van der Waals surface area (Å²) in [5.74, 6) is 0. The molecule has 0 unspecified atom stereocenters. The molecule has 8 aromatic rings. The summed E-state index contributed by atoms with van der Waals surface area (Å²) in [6.07, 6.45) is 7.88. The minimum Gasteiger partial charge on any atom is -0.342 e. The molecule has 0 amide bonds. The zero-order valence-corrected chi connectivity index (χ0v) is 28.6. The van der Waals surface area contributed by atoms with Gasteiger partial charge in [-0.25, -0.2) is 0 Å². The molecule has 0 bridgehead atoms. The molecule has 5 aromatic carbocycles. The highest BCUT2D eigenvalue weighted by atomic mass is 32.1. The highest BCUT2D eigenvalue weighted by Crippen LogP contribution is 2.55. The van der Waals surface area contributed by atoms with Gasteiger partial charge < -0.3 is 9.47 Å². The van der Waals surface area contributed by atoms with E-state index >= 15 is 0 Å². The zero-order chi connectivity index (χ0) is 31.9. The van der Waals surface area contributed by atoms with Crippen LogP contribution in [0.4, 0.5) is 11.4 Å². The maximum Gasteiger partial charge on any atom is 0.192 e. The molecule has 48 heavy (non-hydrogen) atoms. The normalized spacial score (nSPS) is 16.4. The maximum absolute atomic E-state index is 2.61. The van der Waals surface area contributed by atoms with Gasteiger partial charge in [0.25, 0.3) is 0 Å². The van der Waals surface area contributed by atoms with Crippen LogP contribution in [-0.2, 0) is 12.5 Å². The van der Waals surface area contributed by atoms with Crippen molar-refractivity contribution in [2.45, 2.75) is 25.7 Å². The van der Waals surface area contributed by atoms with Crippen LogP contribution in [-0.4, -0.2) is 11.8 Å². The third-order valence-corrected chi connectivity index (χ3v) is 13.4. The second kappa shape index (κ2) is 9.40. The van der Waals surface area contributed by atoms with Crippen LogP contribution in [0.3, 0.4) is 0 Å². The first-order chi connectivity index (χ1) is 23.5. The van der Waals surface area contributed by atoms with Gasteiger partial charge in [0, 0.05) is 65.1 Å². The van der Waals surface area contributed by atoms with Gasteiger partial charge in [-0.05, 0) is 52.8 Å². The van der Waals surface area contributed by atoms with Crippen molar-refractivity contribution in [2.75, 3.05) is 4.90 Å². The molecule has 3 aromatic heterocycles. The van der Waals surface area contributed by atoms with Crippen molar-refractivity contribution >= 4 is 98.2 Å². The fraction of sp³-hybridized carbons (Fsp3) is 0.116. The van der Waals surface area contributed by atoms with Gasteiger partial charge in [0.05, 0.1) is 21.4 Å². The van der Waals surface area contributed by atoms with Gasteiger partial charge in [-0.3, -0.25) is 0 Å². The van der Waals surface area contributed by atoms with Crippen LogP contribution in [0.15, 0.2) is 132 Å². The van der Waals surface area contributed by atoms with E-state index in [1.165, 1.54) is 102 Å². The van der Waals surface area contributed by atoms with E-state index in [9.17, 15) is 0 Å². The van der Waals surface area contributed by atoms with Crippen LogP contribution in [0.1, 0.15) is 25.8 Å². The quantitative estimate of drug-likeness (QED) is 0.161. The second-order valence-electron chi connectivity index (χ2n) is 13.9. The van der Waals surface area contributed by atoms with Crippen molar-refractivity contribution in [3.8, 4) is 11.1 Å². The number of fused-ring (bicyclic) bond motifs is 12. The van der Waals surface area contributed by atoms with Crippen LogP contribution < -0.4 is 10.4 Å². The van der Waals surface area contributed by atoms with Gasteiger partial charge in [0.15, 0.2) is 7.28 Å². The molecule has 0 atom stereocenters. The Kier molecular flexibility index (Phi) is 5.32. The lowest BCUT2D eigenvalue weighted by Gasteiger charge is -2.47. The van der Waals surface area contributed by atoms with E-state index in [1.807, 2.05) is 22.7 Å². The van der Waals surface area contributed by atoms with E-state index in [2.05, 4.69) is 153 Å². The van der Waals surface area contributed by atoms with E-state index in [0.29, 0.717) is 0 Å². The number of thiophene rings is 2. The minimum absolute atomic E-state index is 0.112. The lowest BCUT2D eigenvalue weighted by Crippen LogP contribution is -2.43. The van der Waals surface area contributed by atoms with E-state index in [-0.39, 0.29) is 5.41 Å². The summed E-state index contributed by atoms with van der Waals surface area (Å²) in [4.78, 5) is 2.61. The molecule has 227 valence electrons. The van der Waals surface area contributed by atoms with Crippen molar-refractivity contribution in [3.63, 3.8) is 0 Å². The van der Waals surface area contributed by atoms with Gasteiger partial charge >= 0.3 is 0 Å². The highest BCUT2D eigenvalue weighted by molar-refractivity contribution is 7.27. The molecule has 5 heteroatoms. The van der Waals surface area contributed by atoms with Crippen LogP contribution in [0.5, 0.6) is 0 Å². The number of anilines is 2. The Hall–Kier alpha value is -4.84. The molecule has 0 saturated heterocycles. The predicted molar refractivity (Wildman–Crippen MR) is 210 cm³/mol. The Labute approximate surface area is 287 Å². The molecular weight excluding hydrogens is 619 g/mol. The number of nitrogens with zero attached hydrogens (tertiary/aromatic N) is 2. The number of hydrogen-bond donors (Lipinski definition) is 0. The first kappa shape index (κ1) is 27.2. The van der Waals surface area contributed by atoms with Crippen molar-refractivity contribution in [3.05, 3.63) is 138 Å². The van der Waals surface area contributed by atoms with E-state index in [4.69, 9.17) is 0 Å². The summed E-state index contributed by atoms with van der Waals surface area (Å²) in [6, 6.07) is 36.4. The number of benzene rings is 5. The molecule has 0 N–H and O–H groups in total. The molecule has 0 spiro atoms. The molecular formula is C43H30BN2S2. The molecule has 1 aliphatic carbocycles. The molecule has 3 aliphatic rings. The SMILES string of the molecule is Cn1c2c(-c3c4c(cc5c3sc3ccccc35)N3C5=C([B]4)CC=CC=C5C(C)(C)c4ccccc43)cccc2c2sc3ccccc3c21. The summed E-state index contributed by atoms with van der Waals surface area (Å²) in [7, 11) is 4.80. The Morgan fingerprint density at radius 1 is 0.708 bits per heavy atom. The summed E-state index contributed by atoms with van der Waals surface area (Å²) in [5.41, 5.74) is 14.6. The first-order valence-electron chi connectivity index (χ1n) is 16.7. The van der Waals surface area contributed by atoms with Crippen molar-refractivity contribution in [1.29, 1.82) is 0 Å². The third-order valence-electron chi connectivity index (χ3n) is 11.0. The summed E-state index contributed by atoms with van der Waals surface area (Å²) in [6.45, 7) is 4.78. The average molecular weight is 650 g/mol. The standard InChI is InChI=1S/C43H30BN2S2/c1-43(2)29-17-7-9-20-32(29)46-33-23-28-24-13-4-10-21-34(24)47-41(28)36(37(33)44-31-19-8-6-18-30(43)40(31)46)26-15-12-16-27-38(26)45(3)39-25-14-5-11-22-35(25)48-42(27)39/h4-18,20-23H,19H2,1-3H3. The average Bonchev–Trinajstić information content (AvgIpc) is 3.70. The Bertz CT molecular complexity index is 2840. The van der Waals surface area contributed by atoms with Crippen LogP contribution >= 0.6 is 22.7 Å². The van der Waals surface area contributed by atoms with E-state index < -0.39 is 0 Å². The molecule has 1 radical (unpaired) electrons. The van der Waals surface area contributed by atoms with Gasteiger partial charge in [0.1, 0.15) is 0 Å². The van der Waals surface area contributed by atoms with Gasteiger partial charge in [0.2, 0.25) is 0 Å². The first-order valence-corrected chi connectivity index (χ1v) is 18.4. The number of hydrogen-bond acceptors (Lipinski definition) is 3. The van der Waals surface area contributed by atoms with E-state index in [1.54, 1.807) is 0 Å². The van der Waals surface area contributed by atoms with Gasteiger partial charge in [-0.2, -0.15) is 0 Å². The lowest BCUT2D eigenvalue weighted by molar-refractivity contribution is 0.612. The van der Waals surface area contributed by atoms with Gasteiger partial charge in [-0.1, -0.05) is 110 Å². The van der Waals surface area contributed by atoms with Crippen LogP contribution in [0, 0.1) is 0 Å². The number of rotatable bonds is 1. The zero-order valence-electron chi connectivity index (χ0n) is 27.0. The van der Waals surface area contributed by atoms with Crippen molar-refractivity contribution in [2.24, 2.45) is 7.05 Å². The molecule has 5 heterocycles. The highest BCUT2D eigenvalue weighted by Gasteiger charge is 2.43. The number of aryl methyl sites for hydroxylation is 1. The number of aromatic nitrogens is 1. The fourth-order valence-electron chi connectivity index (χ4n) is 8.90. The molecule has 2 nitrogen and oxygen atoms in total. The van der Waals surface area contributed by atoms with Crippen molar-refractivity contribution in [1.82, 2.24) is 4.57 Å². The van der Waals surface area contributed by atoms with Crippen LogP contribution in [0.2, 0.25) is 0 Å². The molecule has 2 aliphatic heterocycles. The lowest BCUT2D eigenvalue weighted by atomic mass is 9.54. The Balaban J connectivity index is 1.31. The smallest absolute Gasteiger partial charge is 0.192 e. The molecule has 0 saturated carbocycles. The summed E-state index contributed by atoms with van der Waals surface area (Å²) >= 11 is 3.86. The largest absolute Gasteiger partial charge is 0.342 e. The third kappa shape index (κ3) is 3.33. The summed E-state index contributed by atoms with van der Waals surface area (Å²) in [5, 5.41) is 5.33. The van der Waals surface area contributed by atoms with Crippen LogP contribution in [0.25, 0.3) is 62.5 Å². The monoisotopic (exact) mass is 649 g/mol. The summed E-state index contributed by atoms with van der Waals surface area (Å²) < 4.78 is 7.89. The predicted octanol–water partition coefficient (Wildman–Crippen LogP) is 11.5. The maximum atomic E-state index is 2.61. The van der Waals surface area contributed by atoms with Gasteiger partial charge in [-0.15, -0.1) is 22.7 Å². The number of allylic oxidation sites excluding steroid dienone is 5. The van der Waals surface area contributed by atoms with E-state index in [0.717, 1.165) is 6.42 Å².